The van der Waals surface area contributed by atoms with Crippen LogP contribution in [0.2, 0.25) is 0 Å². The van der Waals surface area contributed by atoms with E-state index < -0.39 is 24.9 Å². The van der Waals surface area contributed by atoms with E-state index in [0.717, 1.165) is 25.9 Å². The first-order chi connectivity index (χ1) is 10.8. The van der Waals surface area contributed by atoms with Crippen molar-refractivity contribution in [3.05, 3.63) is 29.8 Å². The van der Waals surface area contributed by atoms with Crippen LogP contribution in [0.15, 0.2) is 29.2 Å². The Morgan fingerprint density at radius 3 is 2.22 bits per heavy atom. The van der Waals surface area contributed by atoms with Gasteiger partial charge in [0.25, 0.3) is 5.91 Å². The number of rotatable bonds is 3. The average Bonchev–Trinajstić information content (AvgIpc) is 3.16. The molecule has 0 radical (unpaired) electrons. The summed E-state index contributed by atoms with van der Waals surface area (Å²) >= 11 is 0. The number of likely N-dealkylation sites (tertiary alicyclic amines) is 1. The summed E-state index contributed by atoms with van der Waals surface area (Å²) in [5.41, 5.74) is 0.463. The number of amides is 1. The first kappa shape index (κ1) is 16.4. The van der Waals surface area contributed by atoms with Gasteiger partial charge in [-0.25, -0.2) is 16.8 Å². The molecule has 1 aromatic rings. The van der Waals surface area contributed by atoms with E-state index in [4.69, 9.17) is 0 Å². The van der Waals surface area contributed by atoms with E-state index in [-0.39, 0.29) is 28.7 Å². The van der Waals surface area contributed by atoms with Crippen molar-refractivity contribution in [2.24, 2.45) is 0 Å². The van der Waals surface area contributed by atoms with Crippen molar-refractivity contribution in [1.29, 1.82) is 0 Å². The van der Waals surface area contributed by atoms with Crippen LogP contribution >= 0.6 is 0 Å². The molecule has 1 aromatic carbocycles. The molecule has 0 aliphatic carbocycles. The van der Waals surface area contributed by atoms with Gasteiger partial charge in [0.15, 0.2) is 19.7 Å². The van der Waals surface area contributed by atoms with Gasteiger partial charge in [-0.3, -0.25) is 4.79 Å². The molecular formula is C15H19NO5S2. The molecule has 1 amide bonds. The molecule has 0 bridgehead atoms. The second-order valence-corrected chi connectivity index (χ2v) is 10.6. The largest absolute Gasteiger partial charge is 0.339 e. The van der Waals surface area contributed by atoms with Crippen LogP contribution < -0.4 is 0 Å². The summed E-state index contributed by atoms with van der Waals surface area (Å²) in [7, 11) is -6.93. The molecule has 1 atom stereocenters. The predicted octanol–water partition coefficient (Wildman–Crippen LogP) is 0.883. The van der Waals surface area contributed by atoms with E-state index in [1.165, 1.54) is 24.3 Å². The number of hydrogen-bond donors (Lipinski definition) is 0. The van der Waals surface area contributed by atoms with E-state index in [0.29, 0.717) is 5.56 Å². The zero-order valence-electron chi connectivity index (χ0n) is 12.6. The molecule has 2 aliphatic heterocycles. The van der Waals surface area contributed by atoms with Gasteiger partial charge >= 0.3 is 0 Å². The van der Waals surface area contributed by atoms with Gasteiger partial charge in [0.1, 0.15) is 0 Å². The first-order valence-corrected chi connectivity index (χ1v) is 11.0. The summed E-state index contributed by atoms with van der Waals surface area (Å²) in [6.07, 6.45) is 2.13. The SMILES string of the molecule is O=C(c1ccc(S(=O)(=O)C2CCS(=O)(=O)C2)cc1)N1CCCC1. The lowest BCUT2D eigenvalue weighted by atomic mass is 10.2. The minimum absolute atomic E-state index is 0.0809. The smallest absolute Gasteiger partial charge is 0.253 e. The molecule has 0 N–H and O–H groups in total. The van der Waals surface area contributed by atoms with Crippen molar-refractivity contribution in [3.8, 4) is 0 Å². The molecule has 3 rings (SSSR count). The van der Waals surface area contributed by atoms with Crippen LogP contribution in [0, 0.1) is 0 Å². The third-order valence-electron chi connectivity index (χ3n) is 4.45. The minimum Gasteiger partial charge on any atom is -0.339 e. The monoisotopic (exact) mass is 357 g/mol. The quantitative estimate of drug-likeness (QED) is 0.801. The zero-order valence-corrected chi connectivity index (χ0v) is 14.3. The van der Waals surface area contributed by atoms with Crippen LogP contribution in [0.5, 0.6) is 0 Å². The second kappa shape index (κ2) is 5.90. The van der Waals surface area contributed by atoms with Crippen molar-refractivity contribution < 1.29 is 21.6 Å². The van der Waals surface area contributed by atoms with E-state index in [1.807, 2.05) is 0 Å². The number of carbonyl (C=O) groups is 1. The van der Waals surface area contributed by atoms with Crippen molar-refractivity contribution in [2.75, 3.05) is 24.6 Å². The van der Waals surface area contributed by atoms with Gasteiger partial charge in [0.05, 0.1) is 21.7 Å². The predicted molar refractivity (Wildman–Crippen MR) is 85.8 cm³/mol. The Balaban J connectivity index is 1.80. The standard InChI is InChI=1S/C15H19NO5S2/c17-15(16-8-1-2-9-16)12-3-5-13(6-4-12)23(20,21)14-7-10-22(18,19)11-14/h3-6,14H,1-2,7-11H2. The summed E-state index contributed by atoms with van der Waals surface area (Å²) in [6, 6.07) is 5.83. The van der Waals surface area contributed by atoms with E-state index in [9.17, 15) is 21.6 Å². The Morgan fingerprint density at radius 1 is 1.09 bits per heavy atom. The van der Waals surface area contributed by atoms with E-state index >= 15 is 0 Å². The molecule has 0 saturated carbocycles. The van der Waals surface area contributed by atoms with Gasteiger partial charge in [-0.05, 0) is 43.5 Å². The number of carbonyl (C=O) groups excluding carboxylic acids is 1. The molecule has 126 valence electrons. The summed E-state index contributed by atoms with van der Waals surface area (Å²) in [5.74, 6) is -0.485. The van der Waals surface area contributed by atoms with Crippen LogP contribution in [-0.4, -0.2) is 57.5 Å². The third kappa shape index (κ3) is 3.28. The highest BCUT2D eigenvalue weighted by atomic mass is 32.2. The fraction of sp³-hybridized carbons (Fsp3) is 0.533. The molecule has 2 aliphatic rings. The van der Waals surface area contributed by atoms with Crippen LogP contribution in [-0.2, 0) is 19.7 Å². The molecular weight excluding hydrogens is 338 g/mol. The van der Waals surface area contributed by atoms with Crippen LogP contribution in [0.3, 0.4) is 0 Å². The highest BCUT2D eigenvalue weighted by Gasteiger charge is 2.38. The molecule has 2 saturated heterocycles. The number of nitrogens with zero attached hydrogens (tertiary/aromatic N) is 1. The van der Waals surface area contributed by atoms with Gasteiger partial charge in [0.2, 0.25) is 0 Å². The van der Waals surface area contributed by atoms with Crippen LogP contribution in [0.1, 0.15) is 29.6 Å². The average molecular weight is 357 g/mol. The summed E-state index contributed by atoms with van der Waals surface area (Å²) in [6.45, 7) is 1.47. The fourth-order valence-electron chi connectivity index (χ4n) is 3.09. The maximum atomic E-state index is 12.5. The van der Waals surface area contributed by atoms with Gasteiger partial charge < -0.3 is 4.90 Å². The van der Waals surface area contributed by atoms with E-state index in [1.54, 1.807) is 4.90 Å². The fourth-order valence-corrected chi connectivity index (χ4v) is 7.45. The highest BCUT2D eigenvalue weighted by molar-refractivity contribution is 7.96. The first-order valence-electron chi connectivity index (χ1n) is 7.63. The third-order valence-corrected chi connectivity index (χ3v) is 8.64. The Labute approximate surface area is 136 Å². The van der Waals surface area contributed by atoms with E-state index in [2.05, 4.69) is 0 Å². The van der Waals surface area contributed by atoms with Gasteiger partial charge in [0, 0.05) is 18.7 Å². The molecule has 0 aromatic heterocycles. The molecule has 8 heteroatoms. The normalized spacial score (nSPS) is 24.0. The summed E-state index contributed by atoms with van der Waals surface area (Å²) in [4.78, 5) is 14.1. The molecule has 6 nitrogen and oxygen atoms in total. The Morgan fingerprint density at radius 2 is 1.70 bits per heavy atom. The highest BCUT2D eigenvalue weighted by Crippen LogP contribution is 2.26. The van der Waals surface area contributed by atoms with Crippen molar-refractivity contribution in [2.45, 2.75) is 29.4 Å². The number of hydrogen-bond acceptors (Lipinski definition) is 5. The van der Waals surface area contributed by atoms with Gasteiger partial charge in [-0.15, -0.1) is 0 Å². The molecule has 0 spiro atoms. The maximum Gasteiger partial charge on any atom is 0.253 e. The van der Waals surface area contributed by atoms with Gasteiger partial charge in [-0.2, -0.15) is 0 Å². The molecule has 2 heterocycles. The second-order valence-electron chi connectivity index (χ2n) is 6.09. The van der Waals surface area contributed by atoms with Crippen LogP contribution in [0.25, 0.3) is 0 Å². The molecule has 23 heavy (non-hydrogen) atoms. The molecule has 2 fully saturated rings. The van der Waals surface area contributed by atoms with Crippen molar-refractivity contribution in [3.63, 3.8) is 0 Å². The van der Waals surface area contributed by atoms with Gasteiger partial charge in [-0.1, -0.05) is 0 Å². The maximum absolute atomic E-state index is 12.5. The summed E-state index contributed by atoms with van der Waals surface area (Å²) in [5, 5.41) is -0.882. The topological polar surface area (TPSA) is 88.6 Å². The number of sulfone groups is 2. The zero-order chi connectivity index (χ0) is 16.7. The lowest BCUT2D eigenvalue weighted by molar-refractivity contribution is 0.0792. The van der Waals surface area contributed by atoms with Crippen molar-refractivity contribution >= 4 is 25.6 Å². The Kier molecular flexibility index (Phi) is 4.22. The summed E-state index contributed by atoms with van der Waals surface area (Å²) < 4.78 is 48.0. The van der Waals surface area contributed by atoms with Crippen LogP contribution in [0.4, 0.5) is 0 Å². The number of benzene rings is 1. The minimum atomic E-state index is -3.68. The lowest BCUT2D eigenvalue weighted by Crippen LogP contribution is -2.27. The van der Waals surface area contributed by atoms with Crippen molar-refractivity contribution in [1.82, 2.24) is 4.90 Å². The Hall–Kier alpha value is -1.41. The Bertz CT molecular complexity index is 806. The lowest BCUT2D eigenvalue weighted by Gasteiger charge is -2.15. The molecule has 1 unspecified atom stereocenters.